The molecule has 0 spiro atoms. The van der Waals surface area contributed by atoms with E-state index in [2.05, 4.69) is 9.97 Å². The SMILES string of the molecule is CCC1C(=O)N(C)c2cnc(-c3ccncc3N(C)C(=O)O)nc2N1C(C)C. The second kappa shape index (κ2) is 7.41. The molecule has 1 aliphatic heterocycles. The number of hydrogen-bond donors (Lipinski definition) is 1. The minimum Gasteiger partial charge on any atom is -0.465 e. The standard InChI is InChI=1S/C19H24N6O3/c1-6-13-18(26)23(4)15-10-21-16(22-17(15)25(13)11(2)3)12-7-8-20-9-14(12)24(5)19(27)28/h7-11,13H,6H2,1-5H3,(H,27,28). The topological polar surface area (TPSA) is 103 Å². The van der Waals surface area contributed by atoms with Crippen molar-refractivity contribution in [3.05, 3.63) is 24.7 Å². The van der Waals surface area contributed by atoms with Crippen LogP contribution in [-0.4, -0.2) is 58.2 Å². The Hall–Kier alpha value is -3.23. The first kappa shape index (κ1) is 19.5. The number of carbonyl (C=O) groups is 2. The largest absolute Gasteiger partial charge is 0.465 e. The first-order valence-electron chi connectivity index (χ1n) is 9.11. The summed E-state index contributed by atoms with van der Waals surface area (Å²) in [4.78, 5) is 42.0. The lowest BCUT2D eigenvalue weighted by atomic mass is 10.1. The molecule has 1 unspecified atom stereocenters. The van der Waals surface area contributed by atoms with E-state index in [1.807, 2.05) is 25.7 Å². The van der Waals surface area contributed by atoms with Gasteiger partial charge in [0.1, 0.15) is 11.7 Å². The number of carbonyl (C=O) groups excluding carboxylic acids is 1. The summed E-state index contributed by atoms with van der Waals surface area (Å²) in [6.45, 7) is 6.01. The number of carboxylic acid groups (broad SMARTS) is 1. The molecule has 0 saturated carbocycles. The molecule has 1 atom stereocenters. The van der Waals surface area contributed by atoms with Gasteiger partial charge in [0.2, 0.25) is 5.91 Å². The molecule has 9 nitrogen and oxygen atoms in total. The normalized spacial score (nSPS) is 16.4. The van der Waals surface area contributed by atoms with Gasteiger partial charge in [-0.2, -0.15) is 0 Å². The highest BCUT2D eigenvalue weighted by atomic mass is 16.4. The van der Waals surface area contributed by atoms with Gasteiger partial charge < -0.3 is 14.9 Å². The van der Waals surface area contributed by atoms with Gasteiger partial charge in [0.05, 0.1) is 18.1 Å². The van der Waals surface area contributed by atoms with E-state index in [4.69, 9.17) is 4.98 Å². The van der Waals surface area contributed by atoms with Crippen LogP contribution in [0, 0.1) is 0 Å². The second-order valence-electron chi connectivity index (χ2n) is 6.96. The van der Waals surface area contributed by atoms with Gasteiger partial charge in [-0.15, -0.1) is 0 Å². The highest BCUT2D eigenvalue weighted by Crippen LogP contribution is 2.38. The van der Waals surface area contributed by atoms with E-state index in [-0.39, 0.29) is 18.0 Å². The molecule has 3 heterocycles. The predicted molar refractivity (Wildman–Crippen MR) is 107 cm³/mol. The molecular formula is C19H24N6O3. The Kier molecular flexibility index (Phi) is 5.17. The van der Waals surface area contributed by atoms with Gasteiger partial charge in [-0.3, -0.25) is 14.7 Å². The van der Waals surface area contributed by atoms with Gasteiger partial charge in [-0.1, -0.05) is 6.92 Å². The van der Waals surface area contributed by atoms with E-state index in [1.54, 1.807) is 30.4 Å². The average molecular weight is 384 g/mol. The number of pyridine rings is 1. The highest BCUT2D eigenvalue weighted by Gasteiger charge is 2.38. The third kappa shape index (κ3) is 3.12. The summed E-state index contributed by atoms with van der Waals surface area (Å²) >= 11 is 0. The maximum atomic E-state index is 12.8. The van der Waals surface area contributed by atoms with Crippen LogP contribution in [-0.2, 0) is 4.79 Å². The Labute approximate surface area is 163 Å². The van der Waals surface area contributed by atoms with Gasteiger partial charge in [0.15, 0.2) is 11.6 Å². The maximum Gasteiger partial charge on any atom is 0.411 e. The molecule has 0 bridgehead atoms. The van der Waals surface area contributed by atoms with Crippen molar-refractivity contribution in [2.24, 2.45) is 0 Å². The molecule has 2 aromatic rings. The van der Waals surface area contributed by atoms with Gasteiger partial charge in [0, 0.05) is 31.9 Å². The summed E-state index contributed by atoms with van der Waals surface area (Å²) in [5, 5.41) is 9.35. The smallest absolute Gasteiger partial charge is 0.411 e. The van der Waals surface area contributed by atoms with Gasteiger partial charge in [0.25, 0.3) is 0 Å². The van der Waals surface area contributed by atoms with Crippen LogP contribution in [0.15, 0.2) is 24.7 Å². The molecule has 1 N–H and O–H groups in total. The highest BCUT2D eigenvalue weighted by molar-refractivity contribution is 6.04. The zero-order valence-corrected chi connectivity index (χ0v) is 16.6. The molecule has 1 aliphatic rings. The monoisotopic (exact) mass is 384 g/mol. The number of aromatic nitrogens is 3. The number of rotatable bonds is 4. The molecule has 0 saturated heterocycles. The van der Waals surface area contributed by atoms with Crippen molar-refractivity contribution < 1.29 is 14.7 Å². The fourth-order valence-electron chi connectivity index (χ4n) is 3.45. The van der Waals surface area contributed by atoms with Crippen molar-refractivity contribution in [1.29, 1.82) is 0 Å². The summed E-state index contributed by atoms with van der Waals surface area (Å²) in [6.07, 6.45) is 4.20. The Balaban J connectivity index is 2.18. The number of nitrogens with zero attached hydrogens (tertiary/aromatic N) is 6. The van der Waals surface area contributed by atoms with Crippen LogP contribution in [0.5, 0.6) is 0 Å². The van der Waals surface area contributed by atoms with Crippen LogP contribution < -0.4 is 14.7 Å². The molecule has 148 valence electrons. The van der Waals surface area contributed by atoms with E-state index in [0.29, 0.717) is 35.0 Å². The minimum absolute atomic E-state index is 0.00950. The predicted octanol–water partition coefficient (Wildman–Crippen LogP) is 2.62. The summed E-state index contributed by atoms with van der Waals surface area (Å²) in [5.41, 5.74) is 1.58. The lowest BCUT2D eigenvalue weighted by Gasteiger charge is -2.42. The fourth-order valence-corrected chi connectivity index (χ4v) is 3.45. The molecule has 0 fully saturated rings. The van der Waals surface area contributed by atoms with Gasteiger partial charge in [-0.25, -0.2) is 14.8 Å². The third-order valence-corrected chi connectivity index (χ3v) is 4.94. The van der Waals surface area contributed by atoms with E-state index >= 15 is 0 Å². The molecule has 0 aromatic carbocycles. The summed E-state index contributed by atoms with van der Waals surface area (Å²) in [6, 6.07) is 1.44. The second-order valence-corrected chi connectivity index (χ2v) is 6.96. The Morgan fingerprint density at radius 3 is 2.68 bits per heavy atom. The molecular weight excluding hydrogens is 360 g/mol. The number of fused-ring (bicyclic) bond motifs is 1. The average Bonchev–Trinajstić information content (AvgIpc) is 2.69. The number of amides is 2. The third-order valence-electron chi connectivity index (χ3n) is 4.94. The molecule has 28 heavy (non-hydrogen) atoms. The number of anilines is 3. The molecule has 3 rings (SSSR count). The van der Waals surface area contributed by atoms with E-state index < -0.39 is 6.09 Å². The first-order chi connectivity index (χ1) is 13.3. The zero-order valence-electron chi connectivity index (χ0n) is 16.6. The number of likely N-dealkylation sites (N-methyl/N-ethyl adjacent to an activating group) is 1. The van der Waals surface area contributed by atoms with Crippen LogP contribution in [0.4, 0.5) is 22.0 Å². The lowest BCUT2D eigenvalue weighted by Crippen LogP contribution is -2.54. The molecule has 0 radical (unpaired) electrons. The van der Waals surface area contributed by atoms with Crippen LogP contribution in [0.1, 0.15) is 27.2 Å². The van der Waals surface area contributed by atoms with E-state index in [9.17, 15) is 14.7 Å². The Morgan fingerprint density at radius 1 is 1.36 bits per heavy atom. The first-order valence-corrected chi connectivity index (χ1v) is 9.11. The van der Waals surface area contributed by atoms with Crippen molar-refractivity contribution >= 4 is 29.2 Å². The fraction of sp³-hybridized carbons (Fsp3) is 0.421. The maximum absolute atomic E-state index is 12.8. The van der Waals surface area contributed by atoms with Crippen molar-refractivity contribution in [3.63, 3.8) is 0 Å². The summed E-state index contributed by atoms with van der Waals surface area (Å²) in [5.74, 6) is 1.05. The molecule has 0 aliphatic carbocycles. The van der Waals surface area contributed by atoms with Crippen LogP contribution in [0.2, 0.25) is 0 Å². The molecule has 2 aromatic heterocycles. The van der Waals surface area contributed by atoms with Gasteiger partial charge >= 0.3 is 6.09 Å². The Bertz CT molecular complexity index is 916. The molecule has 9 heteroatoms. The van der Waals surface area contributed by atoms with E-state index in [0.717, 1.165) is 4.90 Å². The number of hydrogen-bond acceptors (Lipinski definition) is 6. The van der Waals surface area contributed by atoms with Crippen molar-refractivity contribution in [3.8, 4) is 11.4 Å². The van der Waals surface area contributed by atoms with Crippen LogP contribution in [0.3, 0.4) is 0 Å². The van der Waals surface area contributed by atoms with Crippen molar-refractivity contribution in [1.82, 2.24) is 15.0 Å². The van der Waals surface area contributed by atoms with Crippen molar-refractivity contribution in [2.45, 2.75) is 39.3 Å². The van der Waals surface area contributed by atoms with Gasteiger partial charge in [-0.05, 0) is 26.3 Å². The quantitative estimate of drug-likeness (QED) is 0.864. The Morgan fingerprint density at radius 2 is 2.07 bits per heavy atom. The molecule has 2 amide bonds. The zero-order chi connectivity index (χ0) is 20.6. The minimum atomic E-state index is -1.10. The lowest BCUT2D eigenvalue weighted by molar-refractivity contribution is -0.120. The van der Waals surface area contributed by atoms with Crippen molar-refractivity contribution in [2.75, 3.05) is 28.8 Å². The van der Waals surface area contributed by atoms with E-state index in [1.165, 1.54) is 13.2 Å². The summed E-state index contributed by atoms with van der Waals surface area (Å²) in [7, 11) is 3.17. The van der Waals surface area contributed by atoms with Crippen LogP contribution in [0.25, 0.3) is 11.4 Å². The summed E-state index contributed by atoms with van der Waals surface area (Å²) < 4.78 is 0. The van der Waals surface area contributed by atoms with Crippen LogP contribution >= 0.6 is 0 Å².